The summed E-state index contributed by atoms with van der Waals surface area (Å²) >= 11 is 0. The first-order chi connectivity index (χ1) is 4.31. The van der Waals surface area contributed by atoms with Crippen LogP contribution in [0.5, 0.6) is 0 Å². The molecule has 52 valence electrons. The number of hydrogen-bond acceptors (Lipinski definition) is 3. The highest BCUT2D eigenvalue weighted by Crippen LogP contribution is 1.73. The first kappa shape index (κ1) is 10.8. The van der Waals surface area contributed by atoms with Crippen LogP contribution in [0.2, 0.25) is 0 Å². The van der Waals surface area contributed by atoms with E-state index >= 15 is 0 Å². The number of rotatable bonds is 1. The summed E-state index contributed by atoms with van der Waals surface area (Å²) in [7, 11) is 1.35. The number of ether oxygens (including phenoxy) is 1. The number of carbonyl (C=O) groups excluding carboxylic acids is 2. The van der Waals surface area contributed by atoms with Gasteiger partial charge in [-0.05, 0) is 6.92 Å². The van der Waals surface area contributed by atoms with E-state index in [0.717, 1.165) is 0 Å². The van der Waals surface area contributed by atoms with Gasteiger partial charge in [-0.2, -0.15) is 0 Å². The molecule has 0 heterocycles. The number of allylic oxidation sites excluding steroid dienone is 1. The van der Waals surface area contributed by atoms with Crippen molar-refractivity contribution >= 4 is 12.8 Å². The molecular weight excluding hydrogens is 120 g/mol. The Morgan fingerprint density at radius 2 is 2.00 bits per heavy atom. The second-order valence-corrected chi connectivity index (χ2v) is 1.02. The van der Waals surface area contributed by atoms with Gasteiger partial charge in [-0.3, -0.25) is 0 Å². The molecule has 0 aliphatic carbocycles. The van der Waals surface area contributed by atoms with E-state index in [9.17, 15) is 4.79 Å². The Balaban J connectivity index is 0. The zero-order valence-corrected chi connectivity index (χ0v) is 5.59. The molecule has 0 spiro atoms. The molecular formula is C6H10O3. The van der Waals surface area contributed by atoms with Crippen LogP contribution in [-0.2, 0) is 14.3 Å². The summed E-state index contributed by atoms with van der Waals surface area (Å²) in [5, 5.41) is 0. The van der Waals surface area contributed by atoms with Gasteiger partial charge in [0.2, 0.25) is 0 Å². The van der Waals surface area contributed by atoms with E-state index < -0.39 is 0 Å². The number of methoxy groups -OCH3 is 1. The van der Waals surface area contributed by atoms with Gasteiger partial charge < -0.3 is 9.53 Å². The molecule has 0 radical (unpaired) electrons. The molecule has 0 aromatic carbocycles. The van der Waals surface area contributed by atoms with Crippen molar-refractivity contribution in [1.82, 2.24) is 0 Å². The highest BCUT2D eigenvalue weighted by molar-refractivity contribution is 5.81. The first-order valence-corrected chi connectivity index (χ1v) is 2.30. The normalized spacial score (nSPS) is 7.78. The predicted octanol–water partition coefficient (Wildman–Crippen LogP) is 0.551. The minimum absolute atomic E-state index is 0.303. The quantitative estimate of drug-likeness (QED) is 0.384. The van der Waals surface area contributed by atoms with Gasteiger partial charge in [-0.25, -0.2) is 4.79 Å². The molecule has 0 bridgehead atoms. The molecule has 0 N–H and O–H groups in total. The third-order valence-corrected chi connectivity index (χ3v) is 0.504. The predicted molar refractivity (Wildman–Crippen MR) is 34.0 cm³/mol. The maximum absolute atomic E-state index is 10.1. The lowest BCUT2D eigenvalue weighted by molar-refractivity contribution is -0.134. The van der Waals surface area contributed by atoms with Crippen LogP contribution in [-0.4, -0.2) is 19.9 Å². The lowest BCUT2D eigenvalue weighted by atomic mass is 10.5. The molecule has 0 aliphatic rings. The largest absolute Gasteiger partial charge is 0.466 e. The van der Waals surface area contributed by atoms with Crippen molar-refractivity contribution in [2.45, 2.75) is 6.92 Å². The Kier molecular flexibility index (Phi) is 12.0. The summed E-state index contributed by atoms with van der Waals surface area (Å²) in [6.07, 6.45) is 2.99. The molecule has 0 unspecified atom stereocenters. The van der Waals surface area contributed by atoms with Crippen molar-refractivity contribution in [3.05, 3.63) is 12.2 Å². The van der Waals surface area contributed by atoms with Crippen molar-refractivity contribution in [2.75, 3.05) is 7.11 Å². The molecule has 0 aromatic rings. The molecule has 0 amide bonds. The highest BCUT2D eigenvalue weighted by atomic mass is 16.5. The summed E-state index contributed by atoms with van der Waals surface area (Å²) in [6, 6.07) is 0. The van der Waals surface area contributed by atoms with E-state index in [4.69, 9.17) is 4.79 Å². The van der Waals surface area contributed by atoms with Crippen LogP contribution in [0.4, 0.5) is 0 Å². The maximum atomic E-state index is 10.1. The zero-order valence-electron chi connectivity index (χ0n) is 5.59. The SMILES string of the molecule is C/C=C\C(=O)OC.C=O. The fraction of sp³-hybridized carbons (Fsp3) is 0.333. The topological polar surface area (TPSA) is 43.4 Å². The average molecular weight is 130 g/mol. The number of esters is 1. The summed E-state index contributed by atoms with van der Waals surface area (Å²) in [5.74, 6) is -0.303. The van der Waals surface area contributed by atoms with Crippen molar-refractivity contribution in [3.63, 3.8) is 0 Å². The summed E-state index contributed by atoms with van der Waals surface area (Å²) in [5.41, 5.74) is 0. The second-order valence-electron chi connectivity index (χ2n) is 1.02. The molecule has 3 heteroatoms. The smallest absolute Gasteiger partial charge is 0.330 e. The fourth-order valence-corrected chi connectivity index (χ4v) is 0.204. The molecule has 0 aromatic heterocycles. The summed E-state index contributed by atoms with van der Waals surface area (Å²) < 4.78 is 4.26. The van der Waals surface area contributed by atoms with E-state index in [-0.39, 0.29) is 5.97 Å². The molecule has 0 fully saturated rings. The standard InChI is InChI=1S/C5H8O2.CH2O/c1-3-4-5(6)7-2;1-2/h3-4H,1-2H3;1H2/b4-3-;. The van der Waals surface area contributed by atoms with Gasteiger partial charge in [0.05, 0.1) is 7.11 Å². The second kappa shape index (κ2) is 9.99. The maximum Gasteiger partial charge on any atom is 0.330 e. The van der Waals surface area contributed by atoms with Crippen LogP contribution in [0, 0.1) is 0 Å². The van der Waals surface area contributed by atoms with Crippen LogP contribution in [0.25, 0.3) is 0 Å². The van der Waals surface area contributed by atoms with Crippen molar-refractivity contribution in [2.24, 2.45) is 0 Å². The minimum Gasteiger partial charge on any atom is -0.466 e. The lowest BCUT2D eigenvalue weighted by Gasteiger charge is -1.84. The molecule has 9 heavy (non-hydrogen) atoms. The van der Waals surface area contributed by atoms with Gasteiger partial charge in [-0.1, -0.05) is 6.08 Å². The Bertz CT molecular complexity index is 96.5. The van der Waals surface area contributed by atoms with Crippen LogP contribution < -0.4 is 0 Å². The van der Waals surface area contributed by atoms with Crippen LogP contribution in [0.1, 0.15) is 6.92 Å². The lowest BCUT2D eigenvalue weighted by Crippen LogP contribution is -1.92. The third kappa shape index (κ3) is 10.9. The van der Waals surface area contributed by atoms with Crippen LogP contribution >= 0.6 is 0 Å². The van der Waals surface area contributed by atoms with E-state index in [2.05, 4.69) is 4.74 Å². The van der Waals surface area contributed by atoms with E-state index in [1.807, 2.05) is 6.79 Å². The Labute approximate surface area is 54.3 Å². The van der Waals surface area contributed by atoms with E-state index in [1.54, 1.807) is 13.0 Å². The van der Waals surface area contributed by atoms with Crippen LogP contribution in [0.3, 0.4) is 0 Å². The summed E-state index contributed by atoms with van der Waals surface area (Å²) in [4.78, 5) is 18.1. The van der Waals surface area contributed by atoms with E-state index in [1.165, 1.54) is 13.2 Å². The van der Waals surface area contributed by atoms with Gasteiger partial charge in [-0.15, -0.1) is 0 Å². The van der Waals surface area contributed by atoms with E-state index in [0.29, 0.717) is 0 Å². The van der Waals surface area contributed by atoms with Gasteiger partial charge in [0, 0.05) is 6.08 Å². The van der Waals surface area contributed by atoms with Gasteiger partial charge >= 0.3 is 5.97 Å². The van der Waals surface area contributed by atoms with Gasteiger partial charge in [0.25, 0.3) is 0 Å². The number of carbonyl (C=O) groups is 2. The molecule has 0 atom stereocenters. The fourth-order valence-electron chi connectivity index (χ4n) is 0.204. The zero-order chi connectivity index (χ0) is 7.70. The van der Waals surface area contributed by atoms with Crippen molar-refractivity contribution in [3.8, 4) is 0 Å². The molecule has 0 rings (SSSR count). The molecule has 0 aliphatic heterocycles. The molecule has 0 saturated heterocycles. The monoisotopic (exact) mass is 130 g/mol. The first-order valence-electron chi connectivity index (χ1n) is 2.30. The minimum atomic E-state index is -0.303. The Hall–Kier alpha value is -1.12. The Morgan fingerprint density at radius 3 is 2.11 bits per heavy atom. The Morgan fingerprint density at radius 1 is 1.56 bits per heavy atom. The highest BCUT2D eigenvalue weighted by Gasteiger charge is 1.84. The van der Waals surface area contributed by atoms with Gasteiger partial charge in [0.1, 0.15) is 6.79 Å². The van der Waals surface area contributed by atoms with Gasteiger partial charge in [0.15, 0.2) is 0 Å². The molecule has 3 nitrogen and oxygen atoms in total. The van der Waals surface area contributed by atoms with Crippen molar-refractivity contribution < 1.29 is 14.3 Å². The van der Waals surface area contributed by atoms with Crippen LogP contribution in [0.15, 0.2) is 12.2 Å². The summed E-state index contributed by atoms with van der Waals surface area (Å²) in [6.45, 7) is 3.76. The average Bonchev–Trinajstić information content (AvgIpc) is 1.93. The molecule has 0 saturated carbocycles. The number of hydrogen-bond donors (Lipinski definition) is 0. The third-order valence-electron chi connectivity index (χ3n) is 0.504. The van der Waals surface area contributed by atoms with Crippen molar-refractivity contribution in [1.29, 1.82) is 0 Å².